The van der Waals surface area contributed by atoms with Gasteiger partial charge < -0.3 is 9.64 Å². The van der Waals surface area contributed by atoms with Crippen LogP contribution in [0.2, 0.25) is 0 Å². The molecule has 1 unspecified atom stereocenters. The highest BCUT2D eigenvalue weighted by Crippen LogP contribution is 2.13. The van der Waals surface area contributed by atoms with Crippen molar-refractivity contribution in [3.05, 3.63) is 0 Å². The molecule has 1 fully saturated rings. The lowest BCUT2D eigenvalue weighted by Gasteiger charge is -2.13. The third-order valence-electron chi connectivity index (χ3n) is 2.68. The normalized spacial score (nSPS) is 19.5. The van der Waals surface area contributed by atoms with Crippen LogP contribution in [0.15, 0.2) is 0 Å². The van der Waals surface area contributed by atoms with E-state index in [1.807, 2.05) is 0 Å². The second kappa shape index (κ2) is 9.95. The zero-order chi connectivity index (χ0) is 11.5. The van der Waals surface area contributed by atoms with Crippen molar-refractivity contribution >= 4 is 0 Å². The van der Waals surface area contributed by atoms with Crippen LogP contribution >= 0.6 is 0 Å². The SMILES string of the molecule is CCN(CC)CC.N#CCC1CCCO1. The standard InChI is InChI=1S/C6H9NO.C6H15N/c7-4-3-6-2-1-5-8-6;1-4-7(5-2)6-3/h6H,1-3,5H2;4-6H2,1-3H3. The van der Waals surface area contributed by atoms with Crippen molar-refractivity contribution in [3.63, 3.8) is 0 Å². The number of rotatable bonds is 4. The summed E-state index contributed by atoms with van der Waals surface area (Å²) in [6.45, 7) is 11.0. The van der Waals surface area contributed by atoms with Crippen molar-refractivity contribution < 1.29 is 4.74 Å². The van der Waals surface area contributed by atoms with E-state index < -0.39 is 0 Å². The van der Waals surface area contributed by atoms with Crippen LogP contribution < -0.4 is 0 Å². The van der Waals surface area contributed by atoms with E-state index in [2.05, 4.69) is 31.7 Å². The van der Waals surface area contributed by atoms with Crippen molar-refractivity contribution in [1.82, 2.24) is 4.90 Å². The highest BCUT2D eigenvalue weighted by Gasteiger charge is 2.13. The minimum absolute atomic E-state index is 0.250. The Morgan fingerprint density at radius 1 is 1.27 bits per heavy atom. The summed E-state index contributed by atoms with van der Waals surface area (Å²) in [7, 11) is 0. The summed E-state index contributed by atoms with van der Waals surface area (Å²) < 4.78 is 5.17. The Bertz CT molecular complexity index is 161. The molecule has 0 aliphatic carbocycles. The van der Waals surface area contributed by atoms with Gasteiger partial charge >= 0.3 is 0 Å². The van der Waals surface area contributed by atoms with E-state index in [-0.39, 0.29) is 6.10 Å². The molecule has 15 heavy (non-hydrogen) atoms. The minimum atomic E-state index is 0.250. The molecule has 1 aliphatic rings. The van der Waals surface area contributed by atoms with Gasteiger partial charge in [0.2, 0.25) is 0 Å². The topological polar surface area (TPSA) is 36.3 Å². The summed E-state index contributed by atoms with van der Waals surface area (Å²) in [5.74, 6) is 0. The summed E-state index contributed by atoms with van der Waals surface area (Å²) in [5.41, 5.74) is 0. The maximum absolute atomic E-state index is 8.20. The Morgan fingerprint density at radius 2 is 1.87 bits per heavy atom. The summed E-state index contributed by atoms with van der Waals surface area (Å²) in [4.78, 5) is 2.38. The average Bonchev–Trinajstić information content (AvgIpc) is 2.75. The number of nitriles is 1. The minimum Gasteiger partial charge on any atom is -0.377 e. The molecule has 1 saturated heterocycles. The first-order valence-corrected chi connectivity index (χ1v) is 5.99. The molecule has 1 atom stereocenters. The molecule has 0 aromatic rings. The molecule has 0 aromatic carbocycles. The highest BCUT2D eigenvalue weighted by molar-refractivity contribution is 4.78. The van der Waals surface area contributed by atoms with E-state index in [1.165, 1.54) is 19.6 Å². The quantitative estimate of drug-likeness (QED) is 0.718. The first-order chi connectivity index (χ1) is 7.28. The second-order valence-corrected chi connectivity index (χ2v) is 3.62. The van der Waals surface area contributed by atoms with Gasteiger partial charge in [-0.15, -0.1) is 0 Å². The molecule has 0 spiro atoms. The molecule has 1 heterocycles. The van der Waals surface area contributed by atoms with Gasteiger partial charge in [-0.1, -0.05) is 20.8 Å². The molecule has 0 aromatic heterocycles. The Kier molecular flexibility index (Phi) is 9.55. The zero-order valence-corrected chi connectivity index (χ0v) is 10.3. The third kappa shape index (κ3) is 7.35. The van der Waals surface area contributed by atoms with E-state index in [1.54, 1.807) is 0 Å². The first kappa shape index (κ1) is 14.4. The van der Waals surface area contributed by atoms with Crippen LogP contribution in [0.1, 0.15) is 40.0 Å². The Morgan fingerprint density at radius 3 is 2.13 bits per heavy atom. The van der Waals surface area contributed by atoms with Gasteiger partial charge in [0, 0.05) is 6.61 Å². The smallest absolute Gasteiger partial charge is 0.0705 e. The van der Waals surface area contributed by atoms with Crippen LogP contribution in [-0.2, 0) is 4.74 Å². The molecule has 88 valence electrons. The number of ether oxygens (including phenoxy) is 1. The monoisotopic (exact) mass is 212 g/mol. The molecule has 3 heteroatoms. The van der Waals surface area contributed by atoms with Gasteiger partial charge in [-0.05, 0) is 32.5 Å². The molecular weight excluding hydrogens is 188 g/mol. The van der Waals surface area contributed by atoms with E-state index in [0.717, 1.165) is 19.4 Å². The van der Waals surface area contributed by atoms with Crippen LogP contribution in [0.5, 0.6) is 0 Å². The molecule has 3 nitrogen and oxygen atoms in total. The fourth-order valence-electron chi connectivity index (χ4n) is 1.58. The van der Waals surface area contributed by atoms with Crippen molar-refractivity contribution in [3.8, 4) is 6.07 Å². The maximum atomic E-state index is 8.20. The molecule has 1 aliphatic heterocycles. The lowest BCUT2D eigenvalue weighted by Crippen LogP contribution is -2.21. The number of nitrogens with zero attached hydrogens (tertiary/aromatic N) is 2. The van der Waals surface area contributed by atoms with Crippen molar-refractivity contribution in [2.45, 2.75) is 46.1 Å². The number of hydrogen-bond donors (Lipinski definition) is 0. The van der Waals surface area contributed by atoms with Crippen LogP contribution in [0, 0.1) is 11.3 Å². The third-order valence-corrected chi connectivity index (χ3v) is 2.68. The molecule has 0 saturated carbocycles. The summed E-state index contributed by atoms with van der Waals surface area (Å²) in [5, 5.41) is 8.20. The Labute approximate surface area is 94.0 Å². The lowest BCUT2D eigenvalue weighted by molar-refractivity contribution is 0.115. The molecule has 1 rings (SSSR count). The van der Waals surface area contributed by atoms with Gasteiger partial charge in [0.15, 0.2) is 0 Å². The van der Waals surface area contributed by atoms with Gasteiger partial charge in [0.25, 0.3) is 0 Å². The van der Waals surface area contributed by atoms with Gasteiger partial charge in [0.05, 0.1) is 18.6 Å². The molecule has 0 amide bonds. The molecule has 0 N–H and O–H groups in total. The second-order valence-electron chi connectivity index (χ2n) is 3.62. The maximum Gasteiger partial charge on any atom is 0.0705 e. The first-order valence-electron chi connectivity index (χ1n) is 5.99. The van der Waals surface area contributed by atoms with Gasteiger partial charge in [-0.3, -0.25) is 0 Å². The van der Waals surface area contributed by atoms with E-state index in [4.69, 9.17) is 10.00 Å². The molecule has 0 radical (unpaired) electrons. The van der Waals surface area contributed by atoms with Crippen LogP contribution in [0.4, 0.5) is 0 Å². The summed E-state index contributed by atoms with van der Waals surface area (Å²) in [6, 6.07) is 2.08. The fourth-order valence-corrected chi connectivity index (χ4v) is 1.58. The van der Waals surface area contributed by atoms with E-state index in [9.17, 15) is 0 Å². The van der Waals surface area contributed by atoms with Gasteiger partial charge in [0.1, 0.15) is 0 Å². The predicted octanol–water partition coefficient (Wildman–Crippen LogP) is 2.43. The van der Waals surface area contributed by atoms with Gasteiger partial charge in [-0.25, -0.2) is 0 Å². The average molecular weight is 212 g/mol. The zero-order valence-electron chi connectivity index (χ0n) is 10.3. The van der Waals surface area contributed by atoms with Crippen molar-refractivity contribution in [1.29, 1.82) is 5.26 Å². The van der Waals surface area contributed by atoms with Crippen LogP contribution in [0.25, 0.3) is 0 Å². The highest BCUT2D eigenvalue weighted by atomic mass is 16.5. The van der Waals surface area contributed by atoms with Crippen molar-refractivity contribution in [2.24, 2.45) is 0 Å². The molecule has 0 bridgehead atoms. The lowest BCUT2D eigenvalue weighted by atomic mass is 10.2. The van der Waals surface area contributed by atoms with Crippen molar-refractivity contribution in [2.75, 3.05) is 26.2 Å². The van der Waals surface area contributed by atoms with Crippen LogP contribution in [0.3, 0.4) is 0 Å². The predicted molar refractivity (Wildman–Crippen MR) is 62.7 cm³/mol. The van der Waals surface area contributed by atoms with E-state index in [0.29, 0.717) is 6.42 Å². The Hall–Kier alpha value is -0.590. The fraction of sp³-hybridized carbons (Fsp3) is 0.917. The summed E-state index contributed by atoms with van der Waals surface area (Å²) >= 11 is 0. The number of hydrogen-bond acceptors (Lipinski definition) is 3. The van der Waals surface area contributed by atoms with Gasteiger partial charge in [-0.2, -0.15) is 5.26 Å². The van der Waals surface area contributed by atoms with Crippen LogP contribution in [-0.4, -0.2) is 37.2 Å². The summed E-state index contributed by atoms with van der Waals surface area (Å²) in [6.07, 6.45) is 3.03. The Balaban J connectivity index is 0.000000265. The molecular formula is C12H24N2O. The van der Waals surface area contributed by atoms with E-state index >= 15 is 0 Å². The largest absolute Gasteiger partial charge is 0.377 e.